The standard InChI is InChI=1S/C11H20N4S/c1-11(2,3)9-13-10(16-14-9)15(4)8-5-6-12-7-8/h8,12H,5-7H2,1-4H3. The maximum Gasteiger partial charge on any atom is 0.205 e. The van der Waals surface area contributed by atoms with Crippen LogP contribution in [0, 0.1) is 0 Å². The van der Waals surface area contributed by atoms with Crippen molar-refractivity contribution in [1.82, 2.24) is 14.7 Å². The maximum atomic E-state index is 4.63. The first kappa shape index (κ1) is 11.8. The molecule has 0 saturated carbocycles. The lowest BCUT2D eigenvalue weighted by Gasteiger charge is -2.22. The summed E-state index contributed by atoms with van der Waals surface area (Å²) < 4.78 is 4.45. The molecule has 0 aromatic carbocycles. The van der Waals surface area contributed by atoms with Gasteiger partial charge in [0, 0.05) is 36.6 Å². The van der Waals surface area contributed by atoms with E-state index in [0.717, 1.165) is 24.0 Å². The topological polar surface area (TPSA) is 41.1 Å². The van der Waals surface area contributed by atoms with Crippen LogP contribution in [0.25, 0.3) is 0 Å². The summed E-state index contributed by atoms with van der Waals surface area (Å²) in [7, 11) is 2.12. The SMILES string of the molecule is CN(c1nc(C(C)(C)C)ns1)C1CCNC1. The molecule has 2 rings (SSSR count). The Balaban J connectivity index is 2.12. The molecule has 1 aromatic heterocycles. The van der Waals surface area contributed by atoms with Crippen LogP contribution in [0.15, 0.2) is 0 Å². The molecule has 1 aromatic rings. The first-order chi connectivity index (χ1) is 7.48. The first-order valence-corrected chi connectivity index (χ1v) is 6.53. The zero-order valence-corrected chi connectivity index (χ0v) is 11.3. The first-order valence-electron chi connectivity index (χ1n) is 5.76. The highest BCUT2D eigenvalue weighted by Crippen LogP contribution is 2.26. The van der Waals surface area contributed by atoms with E-state index < -0.39 is 0 Å². The predicted octanol–water partition coefficient (Wildman–Crippen LogP) is 1.63. The Labute approximate surface area is 101 Å². The summed E-state index contributed by atoms with van der Waals surface area (Å²) in [5, 5.41) is 4.42. The van der Waals surface area contributed by atoms with Crippen LogP contribution in [0.4, 0.5) is 5.13 Å². The van der Waals surface area contributed by atoms with E-state index in [1.807, 2.05) is 0 Å². The van der Waals surface area contributed by atoms with Crippen molar-refractivity contribution in [2.24, 2.45) is 0 Å². The molecule has 5 heteroatoms. The molecule has 4 nitrogen and oxygen atoms in total. The Hall–Kier alpha value is -0.680. The van der Waals surface area contributed by atoms with Gasteiger partial charge in [-0.3, -0.25) is 0 Å². The molecular formula is C11H20N4S. The van der Waals surface area contributed by atoms with Crippen molar-refractivity contribution < 1.29 is 0 Å². The van der Waals surface area contributed by atoms with Crippen LogP contribution in [-0.4, -0.2) is 35.5 Å². The third kappa shape index (κ3) is 2.35. The summed E-state index contributed by atoms with van der Waals surface area (Å²) in [6.07, 6.45) is 1.20. The van der Waals surface area contributed by atoms with Crippen LogP contribution in [0.2, 0.25) is 0 Å². The predicted molar refractivity (Wildman–Crippen MR) is 68.3 cm³/mol. The summed E-state index contributed by atoms with van der Waals surface area (Å²) in [6, 6.07) is 0.570. The molecule has 0 spiro atoms. The zero-order valence-electron chi connectivity index (χ0n) is 10.4. The molecule has 1 aliphatic heterocycles. The van der Waals surface area contributed by atoms with Crippen molar-refractivity contribution in [2.75, 3.05) is 25.0 Å². The van der Waals surface area contributed by atoms with Crippen LogP contribution >= 0.6 is 11.5 Å². The molecule has 16 heavy (non-hydrogen) atoms. The highest BCUT2D eigenvalue weighted by Gasteiger charge is 2.25. The third-order valence-corrected chi connectivity index (χ3v) is 3.78. The van der Waals surface area contributed by atoms with Gasteiger partial charge >= 0.3 is 0 Å². The lowest BCUT2D eigenvalue weighted by atomic mass is 9.96. The fourth-order valence-electron chi connectivity index (χ4n) is 1.79. The van der Waals surface area contributed by atoms with Crippen LogP contribution in [-0.2, 0) is 5.41 Å². The van der Waals surface area contributed by atoms with Gasteiger partial charge in [0.15, 0.2) is 0 Å². The van der Waals surface area contributed by atoms with E-state index in [1.54, 1.807) is 0 Å². The van der Waals surface area contributed by atoms with Crippen LogP contribution in [0.5, 0.6) is 0 Å². The molecule has 0 amide bonds. The normalized spacial score (nSPS) is 21.4. The number of hydrogen-bond acceptors (Lipinski definition) is 5. The molecule has 1 fully saturated rings. The molecule has 1 saturated heterocycles. The minimum absolute atomic E-state index is 0.0452. The fourth-order valence-corrected chi connectivity index (χ4v) is 2.68. The van der Waals surface area contributed by atoms with Crippen molar-refractivity contribution in [3.63, 3.8) is 0 Å². The minimum atomic E-state index is 0.0452. The summed E-state index contributed by atoms with van der Waals surface area (Å²) >= 11 is 1.51. The number of likely N-dealkylation sites (N-methyl/N-ethyl adjacent to an activating group) is 1. The van der Waals surface area contributed by atoms with Crippen molar-refractivity contribution in [3.8, 4) is 0 Å². The average Bonchev–Trinajstić information content (AvgIpc) is 2.87. The van der Waals surface area contributed by atoms with Crippen molar-refractivity contribution in [2.45, 2.75) is 38.6 Å². The third-order valence-electron chi connectivity index (χ3n) is 2.97. The smallest absolute Gasteiger partial charge is 0.205 e. The molecular weight excluding hydrogens is 220 g/mol. The van der Waals surface area contributed by atoms with Gasteiger partial charge in [0.2, 0.25) is 5.13 Å². The van der Waals surface area contributed by atoms with Crippen LogP contribution in [0.3, 0.4) is 0 Å². The molecule has 0 aliphatic carbocycles. The van der Waals surface area contributed by atoms with Crippen molar-refractivity contribution in [3.05, 3.63) is 5.82 Å². The van der Waals surface area contributed by atoms with Crippen molar-refractivity contribution >= 4 is 16.7 Å². The highest BCUT2D eigenvalue weighted by atomic mass is 32.1. The second-order valence-corrected chi connectivity index (χ2v) is 6.14. The van der Waals surface area contributed by atoms with Gasteiger partial charge in [0.05, 0.1) is 0 Å². The second-order valence-electron chi connectivity index (χ2n) is 5.41. The summed E-state index contributed by atoms with van der Waals surface area (Å²) in [6.45, 7) is 8.61. The number of nitrogens with one attached hydrogen (secondary N) is 1. The number of hydrogen-bond donors (Lipinski definition) is 1. The Bertz CT molecular complexity index is 349. The van der Waals surface area contributed by atoms with Crippen LogP contribution in [0.1, 0.15) is 33.0 Å². The monoisotopic (exact) mass is 240 g/mol. The molecule has 0 bridgehead atoms. The Morgan fingerprint density at radius 3 is 2.69 bits per heavy atom. The molecule has 1 unspecified atom stereocenters. The second kappa shape index (κ2) is 4.30. The van der Waals surface area contributed by atoms with E-state index >= 15 is 0 Å². The fraction of sp³-hybridized carbons (Fsp3) is 0.818. The zero-order chi connectivity index (χ0) is 11.8. The Morgan fingerprint density at radius 2 is 2.19 bits per heavy atom. The van der Waals surface area contributed by atoms with Crippen LogP contribution < -0.4 is 10.2 Å². The van der Waals surface area contributed by atoms with Gasteiger partial charge in [0.1, 0.15) is 5.82 Å². The van der Waals surface area contributed by atoms with Gasteiger partial charge in [-0.15, -0.1) is 0 Å². The quantitative estimate of drug-likeness (QED) is 0.853. The maximum absolute atomic E-state index is 4.63. The summed E-state index contributed by atoms with van der Waals surface area (Å²) in [4.78, 5) is 6.89. The average molecular weight is 240 g/mol. The Kier molecular flexibility index (Phi) is 3.17. The minimum Gasteiger partial charge on any atom is -0.346 e. The van der Waals surface area contributed by atoms with E-state index in [9.17, 15) is 0 Å². The number of anilines is 1. The van der Waals surface area contributed by atoms with E-state index in [2.05, 4.69) is 47.4 Å². The van der Waals surface area contributed by atoms with E-state index in [0.29, 0.717) is 6.04 Å². The Morgan fingerprint density at radius 1 is 1.44 bits per heavy atom. The summed E-state index contributed by atoms with van der Waals surface area (Å²) in [5.41, 5.74) is 0.0452. The van der Waals surface area contributed by atoms with Crippen molar-refractivity contribution in [1.29, 1.82) is 0 Å². The number of nitrogens with zero attached hydrogens (tertiary/aromatic N) is 3. The number of aromatic nitrogens is 2. The summed E-state index contributed by atoms with van der Waals surface area (Å²) in [5.74, 6) is 0.949. The molecule has 1 N–H and O–H groups in total. The molecule has 90 valence electrons. The van der Waals surface area contributed by atoms with Gasteiger partial charge in [-0.2, -0.15) is 4.37 Å². The van der Waals surface area contributed by atoms with E-state index in [-0.39, 0.29) is 5.41 Å². The molecule has 0 radical (unpaired) electrons. The molecule has 2 heterocycles. The lowest BCUT2D eigenvalue weighted by Crippen LogP contribution is -2.33. The highest BCUT2D eigenvalue weighted by molar-refractivity contribution is 7.09. The van der Waals surface area contributed by atoms with Gasteiger partial charge in [-0.1, -0.05) is 20.8 Å². The molecule has 1 aliphatic rings. The number of rotatable bonds is 2. The molecule has 1 atom stereocenters. The van der Waals surface area contributed by atoms with Gasteiger partial charge in [0.25, 0.3) is 0 Å². The van der Waals surface area contributed by atoms with Gasteiger partial charge in [-0.05, 0) is 13.0 Å². The van der Waals surface area contributed by atoms with E-state index in [1.165, 1.54) is 18.0 Å². The van der Waals surface area contributed by atoms with Gasteiger partial charge in [-0.25, -0.2) is 4.98 Å². The van der Waals surface area contributed by atoms with E-state index in [4.69, 9.17) is 0 Å². The van der Waals surface area contributed by atoms with Gasteiger partial charge < -0.3 is 10.2 Å². The largest absolute Gasteiger partial charge is 0.346 e. The lowest BCUT2D eigenvalue weighted by molar-refractivity contribution is 0.553.